The third-order valence-electron chi connectivity index (χ3n) is 3.15. The van der Waals surface area contributed by atoms with Crippen LogP contribution in [0.25, 0.3) is 10.9 Å². The van der Waals surface area contributed by atoms with Crippen molar-refractivity contribution in [1.82, 2.24) is 9.97 Å². The Kier molecular flexibility index (Phi) is 3.21. The maximum atomic E-state index is 5.87. The summed E-state index contributed by atoms with van der Waals surface area (Å²) >= 11 is 0. The molecular formula is C16H16N4. The van der Waals surface area contributed by atoms with E-state index < -0.39 is 0 Å². The summed E-state index contributed by atoms with van der Waals surface area (Å²) in [5, 5.41) is 4.45. The van der Waals surface area contributed by atoms with Crippen LogP contribution in [0.15, 0.2) is 48.7 Å². The van der Waals surface area contributed by atoms with E-state index in [4.69, 9.17) is 5.73 Å². The SMILES string of the molecule is Cc1cc(NCc2ccccn2)c2cc(N)ccc2n1. The molecule has 0 radical (unpaired) electrons. The fourth-order valence-electron chi connectivity index (χ4n) is 2.21. The second-order valence-electron chi connectivity index (χ2n) is 4.76. The molecule has 3 N–H and O–H groups in total. The summed E-state index contributed by atoms with van der Waals surface area (Å²) in [7, 11) is 0. The molecule has 100 valence electrons. The number of pyridine rings is 2. The highest BCUT2D eigenvalue weighted by Crippen LogP contribution is 2.25. The zero-order valence-electron chi connectivity index (χ0n) is 11.3. The maximum absolute atomic E-state index is 5.87. The zero-order chi connectivity index (χ0) is 13.9. The number of fused-ring (bicyclic) bond motifs is 1. The van der Waals surface area contributed by atoms with Crippen LogP contribution in [0.1, 0.15) is 11.4 Å². The molecule has 0 bridgehead atoms. The van der Waals surface area contributed by atoms with E-state index in [0.29, 0.717) is 6.54 Å². The molecule has 0 saturated carbocycles. The summed E-state index contributed by atoms with van der Waals surface area (Å²) in [5.74, 6) is 0. The van der Waals surface area contributed by atoms with E-state index in [1.54, 1.807) is 6.20 Å². The van der Waals surface area contributed by atoms with Crippen molar-refractivity contribution in [2.45, 2.75) is 13.5 Å². The molecule has 4 nitrogen and oxygen atoms in total. The lowest BCUT2D eigenvalue weighted by molar-refractivity contribution is 1.05. The van der Waals surface area contributed by atoms with Gasteiger partial charge in [-0.15, -0.1) is 0 Å². The molecule has 2 aromatic heterocycles. The van der Waals surface area contributed by atoms with Crippen LogP contribution in [0.4, 0.5) is 11.4 Å². The minimum atomic E-state index is 0.675. The molecular weight excluding hydrogens is 248 g/mol. The largest absolute Gasteiger partial charge is 0.399 e. The van der Waals surface area contributed by atoms with Gasteiger partial charge in [0, 0.05) is 28.7 Å². The van der Waals surface area contributed by atoms with Crippen LogP contribution in [0.3, 0.4) is 0 Å². The van der Waals surface area contributed by atoms with Gasteiger partial charge in [0.05, 0.1) is 17.8 Å². The number of rotatable bonds is 3. The van der Waals surface area contributed by atoms with E-state index in [2.05, 4.69) is 15.3 Å². The molecule has 4 heteroatoms. The first kappa shape index (κ1) is 12.4. The first-order valence-corrected chi connectivity index (χ1v) is 6.53. The molecule has 20 heavy (non-hydrogen) atoms. The molecule has 0 saturated heterocycles. The number of nitrogen functional groups attached to an aromatic ring is 1. The Hall–Kier alpha value is -2.62. The summed E-state index contributed by atoms with van der Waals surface area (Å²) in [6.45, 7) is 2.66. The van der Waals surface area contributed by atoms with Gasteiger partial charge in [-0.05, 0) is 43.3 Å². The number of aryl methyl sites for hydroxylation is 1. The lowest BCUT2D eigenvalue weighted by Crippen LogP contribution is -2.03. The highest BCUT2D eigenvalue weighted by Gasteiger charge is 2.05. The van der Waals surface area contributed by atoms with Crippen LogP contribution in [0.2, 0.25) is 0 Å². The number of hydrogen-bond acceptors (Lipinski definition) is 4. The van der Waals surface area contributed by atoms with Crippen molar-refractivity contribution < 1.29 is 0 Å². The summed E-state index contributed by atoms with van der Waals surface area (Å²) in [4.78, 5) is 8.83. The van der Waals surface area contributed by atoms with Crippen LogP contribution < -0.4 is 11.1 Å². The number of benzene rings is 1. The number of aromatic nitrogens is 2. The number of nitrogens with two attached hydrogens (primary N) is 1. The number of hydrogen-bond donors (Lipinski definition) is 2. The molecule has 0 spiro atoms. The summed E-state index contributed by atoms with van der Waals surface area (Å²) < 4.78 is 0. The second-order valence-corrected chi connectivity index (χ2v) is 4.76. The average molecular weight is 264 g/mol. The van der Waals surface area contributed by atoms with Crippen molar-refractivity contribution in [2.75, 3.05) is 11.1 Å². The Morgan fingerprint density at radius 1 is 1.15 bits per heavy atom. The smallest absolute Gasteiger partial charge is 0.0727 e. The highest BCUT2D eigenvalue weighted by molar-refractivity contribution is 5.93. The van der Waals surface area contributed by atoms with E-state index >= 15 is 0 Å². The predicted octanol–water partition coefficient (Wildman–Crippen LogP) is 3.13. The van der Waals surface area contributed by atoms with Crippen LogP contribution in [-0.2, 0) is 6.54 Å². The van der Waals surface area contributed by atoms with Crippen molar-refractivity contribution in [1.29, 1.82) is 0 Å². The van der Waals surface area contributed by atoms with E-state index in [1.165, 1.54) is 0 Å². The van der Waals surface area contributed by atoms with Gasteiger partial charge in [-0.1, -0.05) is 6.07 Å². The molecule has 0 fully saturated rings. The number of nitrogens with zero attached hydrogens (tertiary/aromatic N) is 2. The van der Waals surface area contributed by atoms with Gasteiger partial charge >= 0.3 is 0 Å². The zero-order valence-corrected chi connectivity index (χ0v) is 11.3. The molecule has 0 unspecified atom stereocenters. The minimum absolute atomic E-state index is 0.675. The highest BCUT2D eigenvalue weighted by atomic mass is 14.9. The Labute approximate surface area is 117 Å². The molecule has 3 aromatic rings. The third kappa shape index (κ3) is 2.54. The molecule has 2 heterocycles. The Morgan fingerprint density at radius 3 is 2.85 bits per heavy atom. The fourth-order valence-corrected chi connectivity index (χ4v) is 2.21. The molecule has 3 rings (SSSR count). The van der Waals surface area contributed by atoms with Gasteiger partial charge in [0.25, 0.3) is 0 Å². The van der Waals surface area contributed by atoms with Gasteiger partial charge in [-0.2, -0.15) is 0 Å². The van der Waals surface area contributed by atoms with Gasteiger partial charge in [-0.25, -0.2) is 0 Å². The maximum Gasteiger partial charge on any atom is 0.0727 e. The Bertz CT molecular complexity index is 738. The first-order valence-electron chi connectivity index (χ1n) is 6.53. The lowest BCUT2D eigenvalue weighted by Gasteiger charge is -2.11. The van der Waals surface area contributed by atoms with Crippen LogP contribution in [-0.4, -0.2) is 9.97 Å². The Balaban J connectivity index is 1.96. The molecule has 0 aliphatic carbocycles. The molecule has 0 atom stereocenters. The number of anilines is 2. The van der Waals surface area contributed by atoms with Gasteiger partial charge in [0.15, 0.2) is 0 Å². The summed E-state index contributed by atoms with van der Waals surface area (Å²) in [5.41, 5.74) is 10.6. The molecule has 0 aliphatic heterocycles. The first-order chi connectivity index (χ1) is 9.72. The van der Waals surface area contributed by atoms with Crippen molar-refractivity contribution in [2.24, 2.45) is 0 Å². The third-order valence-corrected chi connectivity index (χ3v) is 3.15. The van der Waals surface area contributed by atoms with Gasteiger partial charge in [-0.3, -0.25) is 9.97 Å². The van der Waals surface area contributed by atoms with Crippen molar-refractivity contribution in [3.63, 3.8) is 0 Å². The fraction of sp³-hybridized carbons (Fsp3) is 0.125. The molecule has 0 amide bonds. The van der Waals surface area contributed by atoms with Crippen molar-refractivity contribution in [3.05, 3.63) is 60.0 Å². The van der Waals surface area contributed by atoms with E-state index in [-0.39, 0.29) is 0 Å². The number of nitrogens with one attached hydrogen (secondary N) is 1. The molecule has 0 aliphatic rings. The standard InChI is InChI=1S/C16H16N4/c1-11-8-16(19-10-13-4-2-3-7-18-13)14-9-12(17)5-6-15(14)20-11/h2-9H,10,17H2,1H3,(H,19,20). The summed E-state index contributed by atoms with van der Waals surface area (Å²) in [6.07, 6.45) is 1.80. The van der Waals surface area contributed by atoms with E-state index in [0.717, 1.165) is 33.7 Å². The van der Waals surface area contributed by atoms with Gasteiger partial charge < -0.3 is 11.1 Å². The monoisotopic (exact) mass is 264 g/mol. The van der Waals surface area contributed by atoms with Gasteiger partial charge in [0.1, 0.15) is 0 Å². The average Bonchev–Trinajstić information content (AvgIpc) is 2.46. The van der Waals surface area contributed by atoms with Crippen molar-refractivity contribution >= 4 is 22.3 Å². The van der Waals surface area contributed by atoms with Gasteiger partial charge in [0.2, 0.25) is 0 Å². The van der Waals surface area contributed by atoms with Crippen molar-refractivity contribution in [3.8, 4) is 0 Å². The van der Waals surface area contributed by atoms with Crippen LogP contribution in [0, 0.1) is 6.92 Å². The van der Waals surface area contributed by atoms with E-state index in [9.17, 15) is 0 Å². The second kappa shape index (κ2) is 5.17. The minimum Gasteiger partial charge on any atom is -0.399 e. The lowest BCUT2D eigenvalue weighted by atomic mass is 10.1. The molecule has 1 aromatic carbocycles. The van der Waals surface area contributed by atoms with Crippen LogP contribution in [0.5, 0.6) is 0 Å². The quantitative estimate of drug-likeness (QED) is 0.713. The topological polar surface area (TPSA) is 63.8 Å². The van der Waals surface area contributed by atoms with Crippen LogP contribution >= 0.6 is 0 Å². The normalized spacial score (nSPS) is 10.7. The summed E-state index contributed by atoms with van der Waals surface area (Å²) in [6, 6.07) is 13.7. The van der Waals surface area contributed by atoms with E-state index in [1.807, 2.05) is 49.4 Å². The Morgan fingerprint density at radius 2 is 2.05 bits per heavy atom. The predicted molar refractivity (Wildman–Crippen MR) is 82.5 cm³/mol.